The summed E-state index contributed by atoms with van der Waals surface area (Å²) >= 11 is 6.01. The highest BCUT2D eigenvalue weighted by Gasteiger charge is 2.31. The molecule has 34 heavy (non-hydrogen) atoms. The summed E-state index contributed by atoms with van der Waals surface area (Å²) in [5, 5.41) is 3.68. The molecule has 2 aromatic carbocycles. The summed E-state index contributed by atoms with van der Waals surface area (Å²) in [4.78, 5) is 40.3. The number of hydrogen-bond donors (Lipinski definition) is 1. The van der Waals surface area contributed by atoms with Crippen molar-refractivity contribution in [3.05, 3.63) is 70.2 Å². The molecule has 1 heterocycles. The molecule has 6 heteroatoms. The normalized spacial score (nSPS) is 15.4. The average molecular weight is 483 g/mol. The summed E-state index contributed by atoms with van der Waals surface area (Å²) in [6, 6.07) is 14.4. The van der Waals surface area contributed by atoms with Crippen LogP contribution >= 0.6 is 11.6 Å². The Kier molecular flexibility index (Phi) is 8.90. The summed E-state index contributed by atoms with van der Waals surface area (Å²) in [5.41, 5.74) is 2.53. The topological polar surface area (TPSA) is 66.5 Å². The van der Waals surface area contributed by atoms with Gasteiger partial charge in [-0.15, -0.1) is 0 Å². The highest BCUT2D eigenvalue weighted by molar-refractivity contribution is 6.30. The van der Waals surface area contributed by atoms with E-state index in [0.29, 0.717) is 31.0 Å². The van der Waals surface area contributed by atoms with Crippen molar-refractivity contribution in [2.24, 2.45) is 11.8 Å². The van der Waals surface area contributed by atoms with Gasteiger partial charge in [-0.3, -0.25) is 14.4 Å². The first kappa shape index (κ1) is 26.0. The summed E-state index contributed by atoms with van der Waals surface area (Å²) < 4.78 is 0. The van der Waals surface area contributed by atoms with Gasteiger partial charge in [-0.1, -0.05) is 63.6 Å². The number of likely N-dealkylation sites (tertiary alicyclic amines) is 1. The van der Waals surface area contributed by atoms with Crippen LogP contribution in [0.15, 0.2) is 48.5 Å². The molecule has 3 rings (SSSR count). The van der Waals surface area contributed by atoms with Gasteiger partial charge in [0.2, 0.25) is 5.91 Å². The molecule has 1 saturated heterocycles. The van der Waals surface area contributed by atoms with Gasteiger partial charge in [0, 0.05) is 36.0 Å². The van der Waals surface area contributed by atoms with Crippen molar-refractivity contribution >= 4 is 29.2 Å². The van der Waals surface area contributed by atoms with Crippen LogP contribution in [0.5, 0.6) is 0 Å². The number of halogens is 1. The molecular weight excluding hydrogens is 448 g/mol. The maximum atomic E-state index is 13.3. The number of carbonyl (C=O) groups excluding carboxylic acids is 3. The predicted molar refractivity (Wildman–Crippen MR) is 136 cm³/mol. The van der Waals surface area contributed by atoms with Gasteiger partial charge in [-0.05, 0) is 60.1 Å². The third-order valence-electron chi connectivity index (χ3n) is 6.58. The minimum Gasteiger partial charge on any atom is -0.341 e. The Morgan fingerprint density at radius 1 is 1.00 bits per heavy atom. The molecule has 1 fully saturated rings. The summed E-state index contributed by atoms with van der Waals surface area (Å²) in [6.07, 6.45) is 2.07. The largest absolute Gasteiger partial charge is 0.341 e. The highest BCUT2D eigenvalue weighted by Crippen LogP contribution is 2.29. The first-order valence-corrected chi connectivity index (χ1v) is 12.5. The van der Waals surface area contributed by atoms with E-state index in [9.17, 15) is 14.4 Å². The van der Waals surface area contributed by atoms with E-state index < -0.39 is 6.04 Å². The zero-order valence-electron chi connectivity index (χ0n) is 20.5. The molecule has 1 atom stereocenters. The fourth-order valence-electron chi connectivity index (χ4n) is 4.33. The van der Waals surface area contributed by atoms with Gasteiger partial charge in [-0.2, -0.15) is 0 Å². The third kappa shape index (κ3) is 6.69. The molecule has 1 aliphatic heterocycles. The number of benzene rings is 2. The summed E-state index contributed by atoms with van der Waals surface area (Å²) in [5.74, 6) is 0.117. The lowest BCUT2D eigenvalue weighted by Gasteiger charge is -2.35. The molecule has 5 nitrogen and oxygen atoms in total. The molecule has 0 bridgehead atoms. The van der Waals surface area contributed by atoms with Crippen molar-refractivity contribution in [1.29, 1.82) is 0 Å². The molecule has 2 aromatic rings. The molecule has 0 spiro atoms. The number of carbonyl (C=O) groups is 3. The standard InChI is InChI=1S/C28H35ClN2O3/c1-18(2)25(32)17-20-6-5-7-23(16-20)27(33)30-26(19(3)4)28(34)31-14-12-22(13-15-31)21-8-10-24(29)11-9-21/h5-11,16,18-19,22,26H,12-15,17H2,1-4H3,(H,30,33)/t26-/m1/s1. The van der Waals surface area contributed by atoms with Gasteiger partial charge in [0.05, 0.1) is 0 Å². The monoisotopic (exact) mass is 482 g/mol. The van der Waals surface area contributed by atoms with Crippen LogP contribution in [-0.2, 0) is 16.0 Å². The summed E-state index contributed by atoms with van der Waals surface area (Å²) in [6.45, 7) is 8.96. The van der Waals surface area contributed by atoms with Gasteiger partial charge in [-0.25, -0.2) is 0 Å². The van der Waals surface area contributed by atoms with Crippen LogP contribution in [0.25, 0.3) is 0 Å². The Morgan fingerprint density at radius 2 is 1.65 bits per heavy atom. The fraction of sp³-hybridized carbons (Fsp3) is 0.464. The molecule has 2 amide bonds. The molecule has 0 aromatic heterocycles. The van der Waals surface area contributed by atoms with Crippen molar-refractivity contribution < 1.29 is 14.4 Å². The number of piperidine rings is 1. The van der Waals surface area contributed by atoms with E-state index in [2.05, 4.69) is 17.4 Å². The van der Waals surface area contributed by atoms with Crippen LogP contribution in [-0.4, -0.2) is 41.6 Å². The zero-order chi connectivity index (χ0) is 24.8. The first-order valence-electron chi connectivity index (χ1n) is 12.1. The molecule has 0 saturated carbocycles. The molecule has 0 unspecified atom stereocenters. The second-order valence-electron chi connectivity index (χ2n) is 9.84. The molecule has 0 radical (unpaired) electrons. The lowest BCUT2D eigenvalue weighted by Crippen LogP contribution is -2.52. The minimum atomic E-state index is -0.597. The van der Waals surface area contributed by atoms with Crippen LogP contribution in [0.3, 0.4) is 0 Å². The van der Waals surface area contributed by atoms with Gasteiger partial charge in [0.1, 0.15) is 11.8 Å². The Bertz CT molecular complexity index is 1010. The minimum absolute atomic E-state index is 0.0379. The highest BCUT2D eigenvalue weighted by atomic mass is 35.5. The number of ketones is 1. The summed E-state index contributed by atoms with van der Waals surface area (Å²) in [7, 11) is 0. The number of hydrogen-bond acceptors (Lipinski definition) is 3. The van der Waals surface area contributed by atoms with Crippen LogP contribution in [0, 0.1) is 11.8 Å². The van der Waals surface area contributed by atoms with E-state index in [4.69, 9.17) is 11.6 Å². The lowest BCUT2D eigenvalue weighted by atomic mass is 9.89. The van der Waals surface area contributed by atoms with Crippen molar-refractivity contribution in [3.63, 3.8) is 0 Å². The SMILES string of the molecule is CC(C)C(=O)Cc1cccc(C(=O)N[C@@H](C(=O)N2CCC(c3ccc(Cl)cc3)CC2)C(C)C)c1. The molecule has 182 valence electrons. The van der Waals surface area contributed by atoms with Crippen molar-refractivity contribution in [3.8, 4) is 0 Å². The van der Waals surface area contributed by atoms with E-state index in [-0.39, 0.29) is 29.4 Å². The average Bonchev–Trinajstić information content (AvgIpc) is 2.82. The molecule has 1 N–H and O–H groups in total. The predicted octanol–water partition coefficient (Wildman–Crippen LogP) is 5.27. The van der Waals surface area contributed by atoms with Crippen LogP contribution in [0.4, 0.5) is 0 Å². The third-order valence-corrected chi connectivity index (χ3v) is 6.83. The number of rotatable bonds is 8. The number of nitrogens with one attached hydrogen (secondary N) is 1. The van der Waals surface area contributed by atoms with Crippen molar-refractivity contribution in [1.82, 2.24) is 10.2 Å². The molecular formula is C28H35ClN2O3. The van der Waals surface area contributed by atoms with Crippen LogP contribution < -0.4 is 5.32 Å². The maximum Gasteiger partial charge on any atom is 0.251 e. The first-order chi connectivity index (χ1) is 16.2. The Labute approximate surface area is 207 Å². The van der Waals surface area contributed by atoms with Gasteiger partial charge < -0.3 is 10.2 Å². The Morgan fingerprint density at radius 3 is 2.24 bits per heavy atom. The van der Waals surface area contributed by atoms with Gasteiger partial charge in [0.15, 0.2) is 0 Å². The zero-order valence-corrected chi connectivity index (χ0v) is 21.3. The number of nitrogens with zero attached hydrogens (tertiary/aromatic N) is 1. The Balaban J connectivity index is 1.62. The number of amides is 2. The van der Waals surface area contributed by atoms with Gasteiger partial charge >= 0.3 is 0 Å². The van der Waals surface area contributed by atoms with E-state index in [0.717, 1.165) is 23.4 Å². The fourth-order valence-corrected chi connectivity index (χ4v) is 4.46. The van der Waals surface area contributed by atoms with E-state index in [1.807, 2.05) is 50.8 Å². The maximum absolute atomic E-state index is 13.3. The van der Waals surface area contributed by atoms with Crippen molar-refractivity contribution in [2.45, 2.75) is 58.9 Å². The number of Topliss-reactive ketones (excluding diaryl/α,β-unsaturated/α-hetero) is 1. The van der Waals surface area contributed by atoms with Gasteiger partial charge in [0.25, 0.3) is 5.91 Å². The smallest absolute Gasteiger partial charge is 0.251 e. The van der Waals surface area contributed by atoms with E-state index in [1.54, 1.807) is 18.2 Å². The van der Waals surface area contributed by atoms with Crippen LogP contribution in [0.2, 0.25) is 5.02 Å². The van der Waals surface area contributed by atoms with Crippen LogP contribution in [0.1, 0.15) is 67.9 Å². The second kappa shape index (κ2) is 11.7. The van der Waals surface area contributed by atoms with E-state index >= 15 is 0 Å². The van der Waals surface area contributed by atoms with E-state index in [1.165, 1.54) is 5.56 Å². The molecule has 0 aliphatic carbocycles. The quantitative estimate of drug-likeness (QED) is 0.557. The van der Waals surface area contributed by atoms with Crippen molar-refractivity contribution in [2.75, 3.05) is 13.1 Å². The Hall–Kier alpha value is -2.66. The molecule has 1 aliphatic rings. The lowest BCUT2D eigenvalue weighted by molar-refractivity contribution is -0.135. The second-order valence-corrected chi connectivity index (χ2v) is 10.3.